The van der Waals surface area contributed by atoms with E-state index >= 15 is 0 Å². The summed E-state index contributed by atoms with van der Waals surface area (Å²) in [5.41, 5.74) is 2.71. The van der Waals surface area contributed by atoms with E-state index in [1.807, 2.05) is 27.0 Å². The number of hydrogen-bond donors (Lipinski definition) is 1. The largest absolute Gasteiger partial charge is 0.444 e. The Balaban J connectivity index is 1.21. The highest BCUT2D eigenvalue weighted by Crippen LogP contribution is 2.21. The van der Waals surface area contributed by atoms with E-state index in [0.29, 0.717) is 25.1 Å². The number of likely N-dealkylation sites (tertiary alicyclic amines) is 1. The number of aromatic nitrogens is 2. The van der Waals surface area contributed by atoms with Crippen LogP contribution in [-0.4, -0.2) is 83.8 Å². The first-order valence-electron chi connectivity index (χ1n) is 12.5. The van der Waals surface area contributed by atoms with E-state index in [1.54, 1.807) is 4.90 Å². The Morgan fingerprint density at radius 2 is 1.74 bits per heavy atom. The van der Waals surface area contributed by atoms with E-state index in [2.05, 4.69) is 62.2 Å². The van der Waals surface area contributed by atoms with Crippen molar-refractivity contribution in [2.75, 3.05) is 56.5 Å². The number of fused-ring (bicyclic) bond motifs is 1. The highest BCUT2D eigenvalue weighted by atomic mass is 16.6. The number of anilines is 3. The zero-order valence-corrected chi connectivity index (χ0v) is 21.2. The molecule has 2 fully saturated rings. The first-order chi connectivity index (χ1) is 16.7. The molecule has 5 rings (SSSR count). The molecule has 1 aromatic heterocycles. The van der Waals surface area contributed by atoms with E-state index in [4.69, 9.17) is 9.72 Å². The van der Waals surface area contributed by atoms with Crippen molar-refractivity contribution in [2.45, 2.75) is 45.3 Å². The molecule has 1 amide bonds. The smallest absolute Gasteiger partial charge is 0.410 e. The van der Waals surface area contributed by atoms with Gasteiger partial charge in [-0.15, -0.1) is 0 Å². The van der Waals surface area contributed by atoms with E-state index in [0.717, 1.165) is 55.4 Å². The van der Waals surface area contributed by atoms with Gasteiger partial charge in [-0.05, 0) is 57.1 Å². The Bertz CT molecular complexity index is 1190. The van der Waals surface area contributed by atoms with Gasteiger partial charge in [0.15, 0.2) is 0 Å². The summed E-state index contributed by atoms with van der Waals surface area (Å²) in [4.78, 5) is 28.2. The molecule has 0 saturated carbocycles. The van der Waals surface area contributed by atoms with Crippen molar-refractivity contribution >= 4 is 29.6 Å². The van der Waals surface area contributed by atoms with E-state index < -0.39 is 5.60 Å². The third-order valence-corrected chi connectivity index (χ3v) is 6.82. The van der Waals surface area contributed by atoms with Crippen LogP contribution in [0.2, 0.25) is 0 Å². The third kappa shape index (κ3) is 5.40. The molecule has 0 spiro atoms. The van der Waals surface area contributed by atoms with Crippen LogP contribution in [-0.2, 0) is 4.74 Å². The first kappa shape index (κ1) is 23.5. The van der Waals surface area contributed by atoms with Crippen molar-refractivity contribution in [3.05, 3.63) is 41.2 Å². The molecule has 186 valence electrons. The summed E-state index contributed by atoms with van der Waals surface area (Å²) in [5, 5.41) is 4.40. The number of ether oxygens (including phenoxy) is 1. The molecule has 1 N–H and O–H groups in total. The Hall–Kier alpha value is -3.20. The standard InChI is InChI=1S/C26H35N7O2/c1-26(2,3)35-25(34)32-11-9-22(10-12-32)33-18-19-17-27-24(29-23(19)33)28-20-5-7-21(8-6-20)31-15-13-30(4)14-16-31/h5-8,17-18,22H,9-16H2,1-4H3/p+1. The van der Waals surface area contributed by atoms with Crippen molar-refractivity contribution < 1.29 is 9.53 Å². The first-order valence-corrected chi connectivity index (χ1v) is 12.5. The lowest BCUT2D eigenvalue weighted by molar-refractivity contribution is 0.0197. The van der Waals surface area contributed by atoms with Gasteiger partial charge in [0.05, 0.1) is 6.20 Å². The van der Waals surface area contributed by atoms with Crippen LogP contribution in [0.5, 0.6) is 0 Å². The Morgan fingerprint density at radius 1 is 1.06 bits per heavy atom. The average Bonchev–Trinajstić information content (AvgIpc) is 2.81. The Morgan fingerprint density at radius 3 is 2.40 bits per heavy atom. The normalized spacial score (nSPS) is 19.0. The minimum atomic E-state index is -0.469. The zero-order chi connectivity index (χ0) is 24.6. The van der Waals surface area contributed by atoms with Crippen LogP contribution in [0.4, 0.5) is 22.1 Å². The number of likely N-dealkylation sites (N-methyl/N-ethyl adjacent to an activating group) is 1. The topological polar surface area (TPSA) is 76.8 Å². The number of rotatable bonds is 4. The molecule has 3 aliphatic rings. The minimum Gasteiger partial charge on any atom is -0.444 e. The fraction of sp³-hybridized carbons (Fsp3) is 0.538. The monoisotopic (exact) mass is 478 g/mol. The highest BCUT2D eigenvalue weighted by molar-refractivity contribution is 5.68. The summed E-state index contributed by atoms with van der Waals surface area (Å²) in [6.45, 7) is 11.4. The molecule has 9 heteroatoms. The molecular formula is C26H36N7O2+. The molecule has 0 bridgehead atoms. The zero-order valence-electron chi connectivity index (χ0n) is 21.2. The summed E-state index contributed by atoms with van der Waals surface area (Å²) in [7, 11) is 2.17. The van der Waals surface area contributed by atoms with Gasteiger partial charge >= 0.3 is 17.5 Å². The van der Waals surface area contributed by atoms with Crippen LogP contribution in [0.3, 0.4) is 0 Å². The number of carbonyl (C=O) groups excluding carboxylic acids is 1. The second-order valence-electron chi connectivity index (χ2n) is 10.7. The number of benzene rings is 1. The number of carbonyl (C=O) groups is 1. The molecule has 0 atom stereocenters. The van der Waals surface area contributed by atoms with Gasteiger partial charge < -0.3 is 24.8 Å². The number of nitrogens with one attached hydrogen (secondary N) is 1. The fourth-order valence-electron chi connectivity index (χ4n) is 4.77. The quantitative estimate of drug-likeness (QED) is 0.669. The molecule has 0 radical (unpaired) electrons. The van der Waals surface area contributed by atoms with Crippen LogP contribution in [0.1, 0.15) is 33.6 Å². The molecule has 2 aromatic rings. The number of nitrogens with zero attached hydrogens (tertiary/aromatic N) is 6. The second kappa shape index (κ2) is 9.45. The summed E-state index contributed by atoms with van der Waals surface area (Å²) in [6.07, 6.45) is 5.52. The lowest BCUT2D eigenvalue weighted by Gasteiger charge is -2.34. The maximum Gasteiger partial charge on any atom is 0.410 e. The molecule has 1 aromatic carbocycles. The molecule has 2 saturated heterocycles. The van der Waals surface area contributed by atoms with Crippen LogP contribution >= 0.6 is 0 Å². The van der Waals surface area contributed by atoms with Gasteiger partial charge in [-0.25, -0.2) is 9.37 Å². The Kier molecular flexibility index (Phi) is 6.35. The second-order valence-corrected chi connectivity index (χ2v) is 10.7. The van der Waals surface area contributed by atoms with E-state index in [9.17, 15) is 4.79 Å². The van der Waals surface area contributed by atoms with Crippen molar-refractivity contribution in [3.8, 4) is 0 Å². The molecular weight excluding hydrogens is 442 g/mol. The van der Waals surface area contributed by atoms with Gasteiger partial charge in [0.25, 0.3) is 0 Å². The van der Waals surface area contributed by atoms with Crippen LogP contribution < -0.4 is 25.5 Å². The van der Waals surface area contributed by atoms with E-state index in [-0.39, 0.29) is 6.09 Å². The predicted octanol–water partition coefficient (Wildman–Crippen LogP) is 1.61. The highest BCUT2D eigenvalue weighted by Gasteiger charge is 2.32. The molecule has 4 heterocycles. The number of hydrogen-bond acceptors (Lipinski definition) is 7. The van der Waals surface area contributed by atoms with Gasteiger partial charge in [0.2, 0.25) is 0 Å². The molecule has 35 heavy (non-hydrogen) atoms. The lowest BCUT2D eigenvalue weighted by atomic mass is 10.0. The van der Waals surface area contributed by atoms with Crippen molar-refractivity contribution in [2.24, 2.45) is 0 Å². The molecule has 0 unspecified atom stereocenters. The average molecular weight is 479 g/mol. The maximum atomic E-state index is 12.4. The summed E-state index contributed by atoms with van der Waals surface area (Å²) in [6, 6.07) is 8.83. The molecule has 0 aliphatic carbocycles. The molecule has 3 aliphatic heterocycles. The van der Waals surface area contributed by atoms with Gasteiger partial charge in [0, 0.05) is 63.5 Å². The summed E-state index contributed by atoms with van der Waals surface area (Å²) in [5.74, 6) is 0.598. The van der Waals surface area contributed by atoms with Crippen LogP contribution in [0.25, 0.3) is 6.20 Å². The maximum absolute atomic E-state index is 12.4. The lowest BCUT2D eigenvalue weighted by Crippen LogP contribution is -2.56. The van der Waals surface area contributed by atoms with Crippen molar-refractivity contribution in [1.29, 1.82) is 0 Å². The van der Waals surface area contributed by atoms with Gasteiger partial charge in [0.1, 0.15) is 23.1 Å². The number of amides is 1. The predicted molar refractivity (Wildman–Crippen MR) is 137 cm³/mol. The van der Waals surface area contributed by atoms with Gasteiger partial charge in [-0.3, -0.25) is 0 Å². The SMILES string of the molecule is CN1CCN(c2ccc(Nc3ncc4c(n3)=[N+](C3CCN(C(=O)OC(C)(C)C)CC3)C=4)cc2)CC1. The Labute approximate surface area is 206 Å². The minimum absolute atomic E-state index is 0.226. The van der Waals surface area contributed by atoms with Crippen LogP contribution in [0.15, 0.2) is 30.5 Å². The molecule has 9 nitrogen and oxygen atoms in total. The van der Waals surface area contributed by atoms with Gasteiger partial charge in [-0.2, -0.15) is 4.98 Å². The number of piperidine rings is 1. The van der Waals surface area contributed by atoms with E-state index in [1.165, 1.54) is 5.69 Å². The number of piperazine rings is 1. The summed E-state index contributed by atoms with van der Waals surface area (Å²) < 4.78 is 7.75. The fourth-order valence-corrected chi connectivity index (χ4v) is 4.77. The van der Waals surface area contributed by atoms with Gasteiger partial charge in [-0.1, -0.05) is 0 Å². The van der Waals surface area contributed by atoms with Crippen molar-refractivity contribution in [1.82, 2.24) is 24.3 Å². The van der Waals surface area contributed by atoms with Crippen LogP contribution in [0, 0.1) is 0 Å². The third-order valence-electron chi connectivity index (χ3n) is 6.82. The summed E-state index contributed by atoms with van der Waals surface area (Å²) >= 11 is 0. The van der Waals surface area contributed by atoms with Crippen molar-refractivity contribution in [3.63, 3.8) is 0 Å².